The third-order valence-electron chi connectivity index (χ3n) is 3.44. The summed E-state index contributed by atoms with van der Waals surface area (Å²) in [6, 6.07) is 1.43. The largest absolute Gasteiger partial charge is 0.460 e. The van der Waals surface area contributed by atoms with Crippen molar-refractivity contribution in [2.45, 2.75) is 31.8 Å². The Labute approximate surface area is 142 Å². The molecule has 1 saturated heterocycles. The van der Waals surface area contributed by atoms with Gasteiger partial charge in [0.05, 0.1) is 6.10 Å². The highest BCUT2D eigenvalue weighted by molar-refractivity contribution is 5.88. The number of aromatic nitrogens is 2. The van der Waals surface area contributed by atoms with Gasteiger partial charge in [-0.05, 0) is 13.0 Å². The maximum atomic E-state index is 11.8. The Bertz CT molecular complexity index is 730. The van der Waals surface area contributed by atoms with E-state index in [0.29, 0.717) is 0 Å². The van der Waals surface area contributed by atoms with Gasteiger partial charge in [-0.25, -0.2) is 14.4 Å². The van der Waals surface area contributed by atoms with E-state index in [1.807, 2.05) is 0 Å². The minimum Gasteiger partial charge on any atom is -0.460 e. The Morgan fingerprint density at radius 3 is 2.88 bits per heavy atom. The summed E-state index contributed by atoms with van der Waals surface area (Å²) >= 11 is 0. The van der Waals surface area contributed by atoms with E-state index in [1.165, 1.54) is 23.8 Å². The van der Waals surface area contributed by atoms with Crippen LogP contribution in [0.2, 0.25) is 0 Å². The number of nitrogens with zero attached hydrogens (tertiary/aromatic N) is 2. The molecule has 3 N–H and O–H groups in total. The van der Waals surface area contributed by atoms with Crippen LogP contribution in [0, 0.1) is 0 Å². The molecular formula is C15H19N3O7. The molecule has 0 bridgehead atoms. The van der Waals surface area contributed by atoms with E-state index in [-0.39, 0.29) is 24.4 Å². The Hall–Kier alpha value is -2.72. The van der Waals surface area contributed by atoms with Gasteiger partial charge in [-0.2, -0.15) is 4.98 Å². The molecule has 1 unspecified atom stereocenters. The molecule has 1 aromatic rings. The highest BCUT2D eigenvalue weighted by Gasteiger charge is 2.36. The van der Waals surface area contributed by atoms with Crippen LogP contribution in [0.25, 0.3) is 0 Å². The summed E-state index contributed by atoms with van der Waals surface area (Å²) < 4.78 is 16.3. The van der Waals surface area contributed by atoms with Crippen molar-refractivity contribution in [3.63, 3.8) is 0 Å². The van der Waals surface area contributed by atoms with Crippen molar-refractivity contribution < 1.29 is 28.9 Å². The predicted molar refractivity (Wildman–Crippen MR) is 84.2 cm³/mol. The van der Waals surface area contributed by atoms with E-state index >= 15 is 0 Å². The number of anilines is 1. The molecule has 0 spiro atoms. The summed E-state index contributed by atoms with van der Waals surface area (Å²) in [7, 11) is 0. The van der Waals surface area contributed by atoms with Crippen LogP contribution in [-0.2, 0) is 23.8 Å². The quantitative estimate of drug-likeness (QED) is 0.493. The number of ether oxygens (including phenoxy) is 3. The number of esters is 2. The van der Waals surface area contributed by atoms with Crippen LogP contribution in [0.5, 0.6) is 0 Å². The molecule has 2 rings (SSSR count). The molecule has 0 saturated carbocycles. The zero-order valence-corrected chi connectivity index (χ0v) is 13.6. The van der Waals surface area contributed by atoms with Crippen LogP contribution in [0.15, 0.2) is 29.2 Å². The Morgan fingerprint density at radius 1 is 1.52 bits per heavy atom. The number of nitrogens with two attached hydrogens (primary N) is 1. The molecular weight excluding hydrogens is 334 g/mol. The maximum absolute atomic E-state index is 11.8. The van der Waals surface area contributed by atoms with Crippen molar-refractivity contribution in [2.24, 2.45) is 0 Å². The molecule has 1 aliphatic rings. The SMILES string of the molecule is C=C(C)C(=O)OCC(=O)OCC1O[C@@H](n2ccc(N)nc2=O)C[C@H]1O. The summed E-state index contributed by atoms with van der Waals surface area (Å²) in [5.41, 5.74) is 4.97. The van der Waals surface area contributed by atoms with Crippen molar-refractivity contribution in [3.8, 4) is 0 Å². The first-order valence-corrected chi connectivity index (χ1v) is 7.44. The number of aliphatic hydroxyl groups excluding tert-OH is 1. The second kappa shape index (κ2) is 7.90. The molecule has 0 amide bonds. The third kappa shape index (κ3) is 4.88. The Kier molecular flexibility index (Phi) is 5.88. The second-order valence-electron chi connectivity index (χ2n) is 5.51. The number of carbonyl (C=O) groups excluding carboxylic acids is 2. The number of nitrogen functional groups attached to an aromatic ring is 1. The standard InChI is InChI=1S/C15H19N3O7/c1-8(2)14(21)24-7-13(20)23-6-10-9(19)5-12(25-10)18-4-3-11(16)17-15(18)22/h3-4,9-10,12,19H,1,5-7H2,2H3,(H2,16,17,22)/t9-,10?,12-/m1/s1. The van der Waals surface area contributed by atoms with E-state index in [9.17, 15) is 19.5 Å². The third-order valence-corrected chi connectivity index (χ3v) is 3.44. The van der Waals surface area contributed by atoms with Crippen LogP contribution in [0.3, 0.4) is 0 Å². The van der Waals surface area contributed by atoms with E-state index in [2.05, 4.69) is 16.3 Å². The van der Waals surface area contributed by atoms with Gasteiger partial charge >= 0.3 is 17.6 Å². The molecule has 1 aromatic heterocycles. The van der Waals surface area contributed by atoms with Crippen LogP contribution in [-0.4, -0.2) is 52.0 Å². The average molecular weight is 353 g/mol. The lowest BCUT2D eigenvalue weighted by atomic mass is 10.2. The maximum Gasteiger partial charge on any atom is 0.351 e. The fourth-order valence-corrected chi connectivity index (χ4v) is 2.15. The molecule has 1 aliphatic heterocycles. The van der Waals surface area contributed by atoms with Crippen molar-refractivity contribution in [1.29, 1.82) is 0 Å². The first kappa shape index (κ1) is 18.6. The number of carbonyl (C=O) groups is 2. The first-order valence-electron chi connectivity index (χ1n) is 7.44. The van der Waals surface area contributed by atoms with Gasteiger partial charge in [-0.1, -0.05) is 6.58 Å². The summed E-state index contributed by atoms with van der Waals surface area (Å²) in [6.45, 7) is 4.01. The summed E-state index contributed by atoms with van der Waals surface area (Å²) in [6.07, 6.45) is -0.984. The van der Waals surface area contributed by atoms with Gasteiger partial charge in [0.1, 0.15) is 24.8 Å². The highest BCUT2D eigenvalue weighted by atomic mass is 16.6. The summed E-state index contributed by atoms with van der Waals surface area (Å²) in [5, 5.41) is 10.00. The fourth-order valence-electron chi connectivity index (χ4n) is 2.15. The minimum absolute atomic E-state index is 0.0783. The Morgan fingerprint density at radius 2 is 2.24 bits per heavy atom. The lowest BCUT2D eigenvalue weighted by Crippen LogP contribution is -2.30. The van der Waals surface area contributed by atoms with Gasteiger partial charge < -0.3 is 25.1 Å². The van der Waals surface area contributed by atoms with Crippen molar-refractivity contribution >= 4 is 17.8 Å². The van der Waals surface area contributed by atoms with Crippen molar-refractivity contribution in [1.82, 2.24) is 9.55 Å². The average Bonchev–Trinajstić information content (AvgIpc) is 2.91. The minimum atomic E-state index is -0.944. The van der Waals surface area contributed by atoms with Crippen LogP contribution >= 0.6 is 0 Å². The van der Waals surface area contributed by atoms with Gasteiger partial charge in [0.15, 0.2) is 6.61 Å². The first-order chi connectivity index (χ1) is 11.8. The van der Waals surface area contributed by atoms with Gasteiger partial charge in [-0.3, -0.25) is 4.57 Å². The van der Waals surface area contributed by atoms with Crippen LogP contribution in [0.1, 0.15) is 19.6 Å². The monoisotopic (exact) mass is 353 g/mol. The van der Waals surface area contributed by atoms with E-state index in [1.54, 1.807) is 0 Å². The smallest absolute Gasteiger partial charge is 0.351 e. The van der Waals surface area contributed by atoms with Crippen LogP contribution < -0.4 is 11.4 Å². The molecule has 136 valence electrons. The lowest BCUT2D eigenvalue weighted by molar-refractivity contribution is -0.160. The molecule has 3 atom stereocenters. The molecule has 10 heteroatoms. The lowest BCUT2D eigenvalue weighted by Gasteiger charge is -2.16. The zero-order chi connectivity index (χ0) is 18.6. The van der Waals surface area contributed by atoms with Gasteiger partial charge in [-0.15, -0.1) is 0 Å². The molecule has 10 nitrogen and oxygen atoms in total. The highest BCUT2D eigenvalue weighted by Crippen LogP contribution is 2.27. The van der Waals surface area contributed by atoms with E-state index < -0.39 is 42.7 Å². The van der Waals surface area contributed by atoms with Crippen LogP contribution in [0.4, 0.5) is 5.82 Å². The predicted octanol–water partition coefficient (Wildman–Crippen LogP) is -0.864. The van der Waals surface area contributed by atoms with E-state index in [4.69, 9.17) is 15.2 Å². The van der Waals surface area contributed by atoms with E-state index in [0.717, 1.165) is 0 Å². The molecule has 0 aliphatic carbocycles. The van der Waals surface area contributed by atoms with Crippen molar-refractivity contribution in [2.75, 3.05) is 18.9 Å². The zero-order valence-electron chi connectivity index (χ0n) is 13.6. The molecule has 1 fully saturated rings. The second-order valence-corrected chi connectivity index (χ2v) is 5.51. The normalized spacial score (nSPS) is 22.4. The fraction of sp³-hybridized carbons (Fsp3) is 0.467. The van der Waals surface area contributed by atoms with Crippen molar-refractivity contribution in [3.05, 3.63) is 34.9 Å². The number of hydrogen-bond acceptors (Lipinski definition) is 9. The Balaban J connectivity index is 1.85. The molecule has 25 heavy (non-hydrogen) atoms. The molecule has 0 radical (unpaired) electrons. The summed E-state index contributed by atoms with van der Waals surface area (Å²) in [5.74, 6) is -1.42. The number of hydrogen-bond donors (Lipinski definition) is 2. The topological polar surface area (TPSA) is 143 Å². The van der Waals surface area contributed by atoms with Gasteiger partial charge in [0, 0.05) is 18.2 Å². The summed E-state index contributed by atoms with van der Waals surface area (Å²) in [4.78, 5) is 38.1. The van der Waals surface area contributed by atoms with Gasteiger partial charge in [0.25, 0.3) is 0 Å². The molecule has 2 heterocycles. The van der Waals surface area contributed by atoms with Gasteiger partial charge in [0.2, 0.25) is 0 Å². The number of rotatable bonds is 6. The molecule has 0 aromatic carbocycles. The number of aliphatic hydroxyl groups is 1.